The van der Waals surface area contributed by atoms with Crippen molar-refractivity contribution in [2.75, 3.05) is 20.3 Å². The topological polar surface area (TPSA) is 66.9 Å². The second-order valence-electron chi connectivity index (χ2n) is 6.24. The number of carbonyl (C=O) groups is 1. The third-order valence-corrected chi connectivity index (χ3v) is 5.22. The van der Waals surface area contributed by atoms with Crippen molar-refractivity contribution in [2.24, 2.45) is 0 Å². The summed E-state index contributed by atoms with van der Waals surface area (Å²) < 4.78 is 29.9. The van der Waals surface area contributed by atoms with Crippen LogP contribution < -0.4 is 4.18 Å². The van der Waals surface area contributed by atoms with Crippen molar-refractivity contribution >= 4 is 15.9 Å². The Morgan fingerprint density at radius 3 is 2.50 bits per heavy atom. The molecule has 136 valence electrons. The first-order valence-corrected chi connectivity index (χ1v) is 9.51. The maximum atomic E-state index is 12.4. The van der Waals surface area contributed by atoms with Crippen molar-refractivity contribution in [2.45, 2.75) is 11.8 Å². The number of Topliss-reactive ketones (excluding diaryl/α,β-unsaturated/α-hetero) is 1. The fourth-order valence-corrected chi connectivity index (χ4v) is 3.49. The molecule has 0 spiro atoms. The van der Waals surface area contributed by atoms with Crippen LogP contribution >= 0.6 is 0 Å². The van der Waals surface area contributed by atoms with Gasteiger partial charge in [-0.3, -0.25) is 4.79 Å². The van der Waals surface area contributed by atoms with Crippen LogP contribution in [0.1, 0.15) is 15.9 Å². The van der Waals surface area contributed by atoms with Gasteiger partial charge in [-0.05, 0) is 31.2 Å². The summed E-state index contributed by atoms with van der Waals surface area (Å²) in [5.41, 5.74) is 1.36. The Balaban J connectivity index is 1.73. The van der Waals surface area contributed by atoms with Gasteiger partial charge in [0, 0.05) is 25.0 Å². The summed E-state index contributed by atoms with van der Waals surface area (Å²) in [7, 11) is -2.02. The number of ketones is 1. The van der Waals surface area contributed by atoms with Gasteiger partial charge in [0.15, 0.2) is 5.78 Å². The summed E-state index contributed by atoms with van der Waals surface area (Å²) in [6, 6.07) is 12.6. The molecule has 1 aliphatic heterocycles. The standard InChI is InChI=1S/C19H20N2O4S/c1-15-6-8-18(9-7-15)26(23,24)25-17-5-3-4-16(12-17)19(22)13-21-11-10-20(2)14-21/h3-12H,13-14H2,1-2H3. The van der Waals surface area contributed by atoms with E-state index >= 15 is 0 Å². The molecule has 1 aliphatic rings. The molecule has 0 atom stereocenters. The predicted octanol–water partition coefficient (Wildman–Crippen LogP) is 2.62. The van der Waals surface area contributed by atoms with Crippen molar-refractivity contribution in [1.82, 2.24) is 9.80 Å². The van der Waals surface area contributed by atoms with Crippen LogP contribution in [0.5, 0.6) is 5.75 Å². The second kappa shape index (κ2) is 7.21. The third-order valence-electron chi connectivity index (χ3n) is 3.95. The van der Waals surface area contributed by atoms with E-state index in [0.29, 0.717) is 12.2 Å². The summed E-state index contributed by atoms with van der Waals surface area (Å²) in [5.74, 6) is 0.00800. The molecule has 0 radical (unpaired) electrons. The van der Waals surface area contributed by atoms with Crippen LogP contribution in [0.25, 0.3) is 0 Å². The summed E-state index contributed by atoms with van der Waals surface area (Å²) in [4.78, 5) is 16.3. The zero-order valence-electron chi connectivity index (χ0n) is 14.6. The van der Waals surface area contributed by atoms with E-state index in [0.717, 1.165) is 5.56 Å². The molecule has 0 saturated carbocycles. The molecule has 6 nitrogen and oxygen atoms in total. The minimum Gasteiger partial charge on any atom is -0.379 e. The Morgan fingerprint density at radius 2 is 1.85 bits per heavy atom. The number of carbonyl (C=O) groups excluding carboxylic acids is 1. The second-order valence-corrected chi connectivity index (χ2v) is 7.79. The molecule has 2 aromatic rings. The van der Waals surface area contributed by atoms with Gasteiger partial charge in [-0.2, -0.15) is 8.42 Å². The maximum Gasteiger partial charge on any atom is 0.339 e. The molecule has 26 heavy (non-hydrogen) atoms. The number of rotatable bonds is 6. The fraction of sp³-hybridized carbons (Fsp3) is 0.211. The highest BCUT2D eigenvalue weighted by Gasteiger charge is 2.18. The van der Waals surface area contributed by atoms with E-state index in [4.69, 9.17) is 4.18 Å². The van der Waals surface area contributed by atoms with Gasteiger partial charge in [-0.15, -0.1) is 0 Å². The Bertz CT molecular complexity index is 936. The molecule has 0 unspecified atom stereocenters. The van der Waals surface area contributed by atoms with Crippen LogP contribution in [0, 0.1) is 6.92 Å². The van der Waals surface area contributed by atoms with E-state index in [9.17, 15) is 13.2 Å². The van der Waals surface area contributed by atoms with Gasteiger partial charge >= 0.3 is 10.1 Å². The predicted molar refractivity (Wildman–Crippen MR) is 98.2 cm³/mol. The van der Waals surface area contributed by atoms with E-state index in [-0.39, 0.29) is 23.0 Å². The van der Waals surface area contributed by atoms with E-state index in [1.807, 2.05) is 36.2 Å². The van der Waals surface area contributed by atoms with E-state index in [2.05, 4.69) is 0 Å². The maximum absolute atomic E-state index is 12.4. The smallest absolute Gasteiger partial charge is 0.339 e. The van der Waals surface area contributed by atoms with Gasteiger partial charge in [0.25, 0.3) is 0 Å². The molecule has 2 aromatic carbocycles. The van der Waals surface area contributed by atoms with Crippen LogP contribution in [0.3, 0.4) is 0 Å². The molecule has 1 heterocycles. The van der Waals surface area contributed by atoms with Gasteiger partial charge in [0.2, 0.25) is 0 Å². The summed E-state index contributed by atoms with van der Waals surface area (Å²) >= 11 is 0. The normalized spacial score (nSPS) is 13.9. The Morgan fingerprint density at radius 1 is 1.12 bits per heavy atom. The van der Waals surface area contributed by atoms with Crippen molar-refractivity contribution in [1.29, 1.82) is 0 Å². The van der Waals surface area contributed by atoms with Crippen LogP contribution in [0.15, 0.2) is 65.8 Å². The quantitative estimate of drug-likeness (QED) is 0.574. The molecule has 0 N–H and O–H groups in total. The first-order chi connectivity index (χ1) is 12.3. The number of hydrogen-bond acceptors (Lipinski definition) is 6. The molecule has 0 aliphatic carbocycles. The lowest BCUT2D eigenvalue weighted by molar-refractivity contribution is 0.0948. The highest BCUT2D eigenvalue weighted by molar-refractivity contribution is 7.87. The van der Waals surface area contributed by atoms with Gasteiger partial charge in [-0.1, -0.05) is 29.8 Å². The largest absolute Gasteiger partial charge is 0.379 e. The lowest BCUT2D eigenvalue weighted by Crippen LogP contribution is -2.28. The Hall–Kier alpha value is -2.80. The molecule has 0 bridgehead atoms. The number of aryl methyl sites for hydroxylation is 1. The molecule has 0 amide bonds. The first kappa shape index (κ1) is 18.0. The lowest BCUT2D eigenvalue weighted by Gasteiger charge is -2.17. The molecular formula is C19H20N2O4S. The fourth-order valence-electron chi connectivity index (χ4n) is 2.57. The molecule has 7 heteroatoms. The van der Waals surface area contributed by atoms with Gasteiger partial charge in [-0.25, -0.2) is 0 Å². The average molecular weight is 372 g/mol. The van der Waals surface area contributed by atoms with Crippen LogP contribution in [-0.2, 0) is 10.1 Å². The molecule has 0 aromatic heterocycles. The molecule has 0 fully saturated rings. The van der Waals surface area contributed by atoms with Crippen molar-refractivity contribution < 1.29 is 17.4 Å². The average Bonchev–Trinajstić information content (AvgIpc) is 3.00. The Labute approximate surface area is 153 Å². The van der Waals surface area contributed by atoms with Crippen molar-refractivity contribution in [3.63, 3.8) is 0 Å². The van der Waals surface area contributed by atoms with Crippen LogP contribution in [0.2, 0.25) is 0 Å². The first-order valence-electron chi connectivity index (χ1n) is 8.10. The zero-order valence-corrected chi connectivity index (χ0v) is 15.4. The van der Waals surface area contributed by atoms with Crippen molar-refractivity contribution in [3.8, 4) is 5.75 Å². The highest BCUT2D eigenvalue weighted by Crippen LogP contribution is 2.21. The molecule has 3 rings (SSSR count). The van der Waals surface area contributed by atoms with E-state index in [1.165, 1.54) is 24.3 Å². The lowest BCUT2D eigenvalue weighted by atomic mass is 10.1. The van der Waals surface area contributed by atoms with Crippen LogP contribution in [-0.4, -0.2) is 44.3 Å². The minimum absolute atomic E-state index is 0.0741. The number of nitrogens with zero attached hydrogens (tertiary/aromatic N) is 2. The van der Waals surface area contributed by atoms with E-state index in [1.54, 1.807) is 24.3 Å². The van der Waals surface area contributed by atoms with Gasteiger partial charge in [0.05, 0.1) is 13.2 Å². The van der Waals surface area contributed by atoms with E-state index < -0.39 is 10.1 Å². The molecule has 0 saturated heterocycles. The van der Waals surface area contributed by atoms with Gasteiger partial charge in [0.1, 0.15) is 10.6 Å². The monoisotopic (exact) mass is 372 g/mol. The number of hydrogen-bond donors (Lipinski definition) is 0. The zero-order chi connectivity index (χ0) is 18.7. The van der Waals surface area contributed by atoms with Crippen LogP contribution in [0.4, 0.5) is 0 Å². The van der Waals surface area contributed by atoms with Crippen molar-refractivity contribution in [3.05, 3.63) is 72.1 Å². The molecular weight excluding hydrogens is 352 g/mol. The minimum atomic E-state index is -3.94. The SMILES string of the molecule is Cc1ccc(S(=O)(=O)Oc2cccc(C(=O)CN3C=CN(C)C3)c2)cc1. The number of benzene rings is 2. The Kier molecular flexibility index (Phi) is 4.99. The highest BCUT2D eigenvalue weighted by atomic mass is 32.2. The van der Waals surface area contributed by atoms with Gasteiger partial charge < -0.3 is 14.0 Å². The summed E-state index contributed by atoms with van der Waals surface area (Å²) in [6.07, 6.45) is 3.74. The summed E-state index contributed by atoms with van der Waals surface area (Å²) in [5, 5.41) is 0. The summed E-state index contributed by atoms with van der Waals surface area (Å²) in [6.45, 7) is 2.73. The third kappa shape index (κ3) is 4.23.